The topological polar surface area (TPSA) is 71.1 Å². The summed E-state index contributed by atoms with van der Waals surface area (Å²) < 4.78 is 23.9. The zero-order chi connectivity index (χ0) is 29.7. The first-order valence-corrected chi connectivity index (χ1v) is 18.0. The Morgan fingerprint density at radius 2 is 1.18 bits per heavy atom. The summed E-state index contributed by atoms with van der Waals surface area (Å²) in [7, 11) is 0.903. The number of rotatable bonds is 11. The van der Waals surface area contributed by atoms with Crippen molar-refractivity contribution in [2.75, 3.05) is 14.2 Å². The number of allylic oxidation sites excluding steroid dienone is 1. The molecule has 0 unspecified atom stereocenters. The molecule has 0 spiro atoms. The number of carbonyl (C=O) groups is 2. The highest BCUT2D eigenvalue weighted by atomic mass is 28.3. The second-order valence-corrected chi connectivity index (χ2v) is 16.0. The summed E-state index contributed by atoms with van der Waals surface area (Å²) in [4.78, 5) is 26.3. The normalized spacial score (nSPS) is 12.3. The molecule has 212 valence electrons. The van der Waals surface area contributed by atoms with E-state index < -0.39 is 18.1 Å². The predicted octanol–water partition coefficient (Wildman–Crippen LogP) is 7.41. The van der Waals surface area contributed by atoms with Gasteiger partial charge in [0.1, 0.15) is 0 Å². The van der Waals surface area contributed by atoms with Crippen molar-refractivity contribution in [2.45, 2.75) is 85.0 Å². The summed E-state index contributed by atoms with van der Waals surface area (Å²) in [5.41, 5.74) is 2.70. The average molecular weight is 569 g/mol. The Balaban J connectivity index is 2.44. The molecule has 8 heteroatoms. The number of carbonyl (C=O) groups excluding carboxylic acids is 2. The molecule has 0 aliphatic carbocycles. The Morgan fingerprint density at radius 3 is 1.64 bits per heavy atom. The van der Waals surface area contributed by atoms with Gasteiger partial charge in [-0.15, -0.1) is 0 Å². The van der Waals surface area contributed by atoms with E-state index in [1.807, 2.05) is 44.4 Å². The molecule has 0 heterocycles. The number of hydrogen-bond donors (Lipinski definition) is 0. The molecule has 2 aromatic carbocycles. The van der Waals surface area contributed by atoms with Gasteiger partial charge in [-0.05, 0) is 55.2 Å². The molecule has 2 aromatic rings. The van der Waals surface area contributed by atoms with Gasteiger partial charge in [-0.3, -0.25) is 9.59 Å². The zero-order valence-electron chi connectivity index (χ0n) is 25.6. The van der Waals surface area contributed by atoms with Crippen molar-refractivity contribution < 1.29 is 27.9 Å². The Labute approximate surface area is 238 Å². The summed E-state index contributed by atoms with van der Waals surface area (Å²) >= 11 is 0. The maximum Gasteiger partial charge on any atom is 0.274 e. The standard InChI is InChI=1S/C31H44O6Si2/c1-30(2,3)23-17-14-20(26(28(23)34-7)36-38(9)10)13-15-21(32)19-25(33)22-16-18-24(31(4,5)6)29(35-8)27(22)37-39(11)12/h13-18H,19H2,1-12H3. The molecule has 39 heavy (non-hydrogen) atoms. The molecule has 2 radical (unpaired) electrons. The van der Waals surface area contributed by atoms with E-state index in [1.165, 1.54) is 6.08 Å². The summed E-state index contributed by atoms with van der Waals surface area (Å²) in [6.45, 7) is 20.7. The van der Waals surface area contributed by atoms with E-state index in [2.05, 4.69) is 41.5 Å². The highest BCUT2D eigenvalue weighted by Crippen LogP contribution is 2.43. The van der Waals surface area contributed by atoms with Gasteiger partial charge in [0, 0.05) is 16.7 Å². The number of hydrogen-bond acceptors (Lipinski definition) is 6. The molecule has 6 nitrogen and oxygen atoms in total. The second kappa shape index (κ2) is 13.0. The van der Waals surface area contributed by atoms with Gasteiger partial charge in [0.05, 0.1) is 26.2 Å². The third-order valence-electron chi connectivity index (χ3n) is 5.98. The monoisotopic (exact) mass is 568 g/mol. The van der Waals surface area contributed by atoms with Gasteiger partial charge in [-0.2, -0.15) is 0 Å². The second-order valence-electron chi connectivity index (χ2n) is 12.0. The van der Waals surface area contributed by atoms with Crippen LogP contribution in [-0.2, 0) is 15.6 Å². The SMILES string of the molecule is COc1c(C(C)(C)C)ccc(C=CC(=O)CC(=O)c2ccc(C(C)(C)C)c(OC)c2O[Si](C)C)c1O[Si](C)C. The van der Waals surface area contributed by atoms with Crippen molar-refractivity contribution in [3.8, 4) is 23.0 Å². The molecule has 0 aliphatic heterocycles. The lowest BCUT2D eigenvalue weighted by Crippen LogP contribution is -2.19. The van der Waals surface area contributed by atoms with Crippen LogP contribution in [0.2, 0.25) is 26.2 Å². The fourth-order valence-corrected chi connectivity index (χ4v) is 5.42. The van der Waals surface area contributed by atoms with Gasteiger partial charge >= 0.3 is 0 Å². The van der Waals surface area contributed by atoms with Gasteiger partial charge in [-0.25, -0.2) is 0 Å². The first-order chi connectivity index (χ1) is 18.0. The molecule has 0 amide bonds. The number of ether oxygens (including phenoxy) is 2. The van der Waals surface area contributed by atoms with Crippen molar-refractivity contribution in [3.05, 3.63) is 52.6 Å². The van der Waals surface area contributed by atoms with Gasteiger partial charge in [0.2, 0.25) is 0 Å². The van der Waals surface area contributed by atoms with Crippen molar-refractivity contribution >= 4 is 35.7 Å². The van der Waals surface area contributed by atoms with Gasteiger partial charge in [0.15, 0.2) is 34.6 Å². The molecule has 0 N–H and O–H groups in total. The maximum absolute atomic E-state index is 13.3. The lowest BCUT2D eigenvalue weighted by atomic mass is 9.85. The van der Waals surface area contributed by atoms with Crippen LogP contribution in [0.4, 0.5) is 0 Å². The van der Waals surface area contributed by atoms with Crippen LogP contribution >= 0.6 is 0 Å². The lowest BCUT2D eigenvalue weighted by molar-refractivity contribution is -0.113. The van der Waals surface area contributed by atoms with Crippen LogP contribution in [0.3, 0.4) is 0 Å². The zero-order valence-corrected chi connectivity index (χ0v) is 27.6. The van der Waals surface area contributed by atoms with E-state index in [0.717, 1.165) is 16.7 Å². The minimum atomic E-state index is -1.20. The summed E-state index contributed by atoms with van der Waals surface area (Å²) in [5, 5.41) is 0. The maximum atomic E-state index is 13.3. The largest absolute Gasteiger partial charge is 0.540 e. The van der Waals surface area contributed by atoms with Crippen LogP contribution < -0.4 is 18.3 Å². The molecule has 0 saturated heterocycles. The predicted molar refractivity (Wildman–Crippen MR) is 163 cm³/mol. The first-order valence-electron chi connectivity index (χ1n) is 13.1. The number of methoxy groups -OCH3 is 2. The molecule has 0 bridgehead atoms. The Kier molecular flexibility index (Phi) is 10.8. The third-order valence-corrected chi connectivity index (χ3v) is 7.20. The van der Waals surface area contributed by atoms with Crippen LogP contribution in [-0.4, -0.2) is 43.9 Å². The van der Waals surface area contributed by atoms with E-state index in [4.69, 9.17) is 18.3 Å². The van der Waals surface area contributed by atoms with Gasteiger partial charge in [-0.1, -0.05) is 59.7 Å². The highest BCUT2D eigenvalue weighted by molar-refractivity contribution is 6.49. The van der Waals surface area contributed by atoms with E-state index in [-0.39, 0.29) is 28.8 Å². The van der Waals surface area contributed by atoms with Crippen LogP contribution in [0.5, 0.6) is 23.0 Å². The molecular formula is C31H44O6Si2. The fraction of sp³-hybridized carbons (Fsp3) is 0.484. The fourth-order valence-electron chi connectivity index (χ4n) is 4.19. The number of Topliss-reactive ketones (excluding diaryl/α,β-unsaturated/α-hetero) is 1. The van der Waals surface area contributed by atoms with E-state index in [0.29, 0.717) is 28.6 Å². The molecule has 0 fully saturated rings. The number of ketones is 2. The quantitative estimate of drug-likeness (QED) is 0.122. The molecule has 0 aromatic heterocycles. The Hall–Kier alpha value is -2.85. The summed E-state index contributed by atoms with van der Waals surface area (Å²) in [6, 6.07) is 7.57. The first kappa shape index (κ1) is 32.4. The minimum absolute atomic E-state index is 0.149. The van der Waals surface area contributed by atoms with E-state index in [1.54, 1.807) is 26.4 Å². The van der Waals surface area contributed by atoms with Crippen LogP contribution in [0.15, 0.2) is 30.3 Å². The average Bonchev–Trinajstić information content (AvgIpc) is 2.80. The molecular weight excluding hydrogens is 525 g/mol. The minimum Gasteiger partial charge on any atom is -0.540 e. The smallest absolute Gasteiger partial charge is 0.274 e. The molecule has 0 aliphatic rings. The van der Waals surface area contributed by atoms with Crippen molar-refractivity contribution in [1.82, 2.24) is 0 Å². The van der Waals surface area contributed by atoms with E-state index in [9.17, 15) is 9.59 Å². The third kappa shape index (κ3) is 8.32. The van der Waals surface area contributed by atoms with Gasteiger partial charge in [0.25, 0.3) is 18.1 Å². The van der Waals surface area contributed by atoms with Crippen molar-refractivity contribution in [3.63, 3.8) is 0 Å². The van der Waals surface area contributed by atoms with Gasteiger partial charge < -0.3 is 18.3 Å². The lowest BCUT2D eigenvalue weighted by Gasteiger charge is -2.26. The van der Waals surface area contributed by atoms with Crippen molar-refractivity contribution in [1.29, 1.82) is 0 Å². The highest BCUT2D eigenvalue weighted by Gasteiger charge is 2.28. The van der Waals surface area contributed by atoms with Crippen LogP contribution in [0, 0.1) is 0 Å². The van der Waals surface area contributed by atoms with Crippen LogP contribution in [0.1, 0.15) is 75.0 Å². The Morgan fingerprint density at radius 1 is 0.718 bits per heavy atom. The molecule has 0 saturated carbocycles. The molecule has 2 rings (SSSR count). The number of benzene rings is 2. The summed E-state index contributed by atoms with van der Waals surface area (Å²) in [6.07, 6.45) is 2.85. The van der Waals surface area contributed by atoms with Crippen LogP contribution in [0.25, 0.3) is 6.08 Å². The Bertz CT molecular complexity index is 1220. The summed E-state index contributed by atoms with van der Waals surface area (Å²) in [5.74, 6) is 1.64. The van der Waals surface area contributed by atoms with E-state index >= 15 is 0 Å². The molecule has 0 atom stereocenters. The van der Waals surface area contributed by atoms with Crippen molar-refractivity contribution in [2.24, 2.45) is 0 Å².